The summed E-state index contributed by atoms with van der Waals surface area (Å²) in [5, 5.41) is 4.54. The Bertz CT molecular complexity index is 1150. The standard InChI is InChI=1S/C19H22N6O3S/c1-24-13-12-21-19(24)29(27,28)23-15-2-4-16(5-3-15)25-18(26)7-6-17(22-25)14-8-10-20-11-9-14/h6-13,15-16,23H,2-5H2,1H3. The van der Waals surface area contributed by atoms with Crippen molar-refractivity contribution in [1.82, 2.24) is 29.0 Å². The molecule has 3 aromatic rings. The van der Waals surface area contributed by atoms with Crippen LogP contribution in [0.2, 0.25) is 0 Å². The summed E-state index contributed by atoms with van der Waals surface area (Å²) in [6, 6.07) is 6.69. The van der Waals surface area contributed by atoms with Gasteiger partial charge in [-0.1, -0.05) is 0 Å². The smallest absolute Gasteiger partial charge is 0.274 e. The normalized spacial score (nSPS) is 19.9. The van der Waals surface area contributed by atoms with E-state index in [2.05, 4.69) is 19.8 Å². The van der Waals surface area contributed by atoms with Crippen molar-refractivity contribution in [2.75, 3.05) is 0 Å². The number of nitrogens with zero attached hydrogens (tertiary/aromatic N) is 5. The highest BCUT2D eigenvalue weighted by Crippen LogP contribution is 2.28. The molecule has 1 saturated carbocycles. The van der Waals surface area contributed by atoms with Gasteiger partial charge in [0.15, 0.2) is 0 Å². The lowest BCUT2D eigenvalue weighted by Gasteiger charge is -2.29. The molecular formula is C19H22N6O3S. The molecule has 0 saturated heterocycles. The van der Waals surface area contributed by atoms with Crippen LogP contribution < -0.4 is 10.3 Å². The number of pyridine rings is 1. The second kappa shape index (κ2) is 7.88. The molecule has 1 N–H and O–H groups in total. The summed E-state index contributed by atoms with van der Waals surface area (Å²) in [6.07, 6.45) is 9.01. The summed E-state index contributed by atoms with van der Waals surface area (Å²) in [5.74, 6) is 0. The zero-order chi connectivity index (χ0) is 20.4. The van der Waals surface area contributed by atoms with Crippen molar-refractivity contribution >= 4 is 10.0 Å². The van der Waals surface area contributed by atoms with Gasteiger partial charge in [0.05, 0.1) is 11.7 Å². The summed E-state index contributed by atoms with van der Waals surface area (Å²) in [6.45, 7) is 0. The molecule has 3 aromatic heterocycles. The van der Waals surface area contributed by atoms with E-state index in [1.807, 2.05) is 12.1 Å². The van der Waals surface area contributed by atoms with E-state index in [0.717, 1.165) is 5.56 Å². The van der Waals surface area contributed by atoms with Crippen molar-refractivity contribution in [2.24, 2.45) is 7.05 Å². The van der Waals surface area contributed by atoms with Crippen LogP contribution in [0, 0.1) is 0 Å². The first kappa shape index (κ1) is 19.5. The van der Waals surface area contributed by atoms with E-state index < -0.39 is 10.0 Å². The fourth-order valence-electron chi connectivity index (χ4n) is 3.68. The number of imidazole rings is 1. The maximum atomic E-state index is 12.5. The molecule has 10 heteroatoms. The molecule has 3 heterocycles. The number of aromatic nitrogens is 5. The molecular weight excluding hydrogens is 392 g/mol. The van der Waals surface area contributed by atoms with E-state index in [4.69, 9.17) is 0 Å². The van der Waals surface area contributed by atoms with Gasteiger partial charge in [0, 0.05) is 49.5 Å². The molecule has 0 spiro atoms. The van der Waals surface area contributed by atoms with Gasteiger partial charge in [-0.25, -0.2) is 22.8 Å². The van der Waals surface area contributed by atoms with Gasteiger partial charge in [0.1, 0.15) is 0 Å². The van der Waals surface area contributed by atoms with Crippen LogP contribution in [0.3, 0.4) is 0 Å². The molecule has 29 heavy (non-hydrogen) atoms. The molecule has 0 aromatic carbocycles. The van der Waals surface area contributed by atoms with Crippen LogP contribution in [0.4, 0.5) is 0 Å². The average Bonchev–Trinajstić information content (AvgIpc) is 3.16. The van der Waals surface area contributed by atoms with Crippen LogP contribution in [-0.4, -0.2) is 38.8 Å². The van der Waals surface area contributed by atoms with Crippen molar-refractivity contribution in [3.05, 3.63) is 59.4 Å². The monoisotopic (exact) mass is 414 g/mol. The molecule has 1 aliphatic carbocycles. The lowest BCUT2D eigenvalue weighted by atomic mass is 9.92. The SMILES string of the molecule is Cn1ccnc1S(=O)(=O)NC1CCC(n2nc(-c3ccncc3)ccc2=O)CC1. The summed E-state index contributed by atoms with van der Waals surface area (Å²) < 4.78 is 30.8. The topological polar surface area (TPSA) is 112 Å². The summed E-state index contributed by atoms with van der Waals surface area (Å²) in [7, 11) is -2.02. The number of sulfonamides is 1. The van der Waals surface area contributed by atoms with Gasteiger partial charge in [0.2, 0.25) is 5.16 Å². The van der Waals surface area contributed by atoms with E-state index in [-0.39, 0.29) is 22.8 Å². The van der Waals surface area contributed by atoms with E-state index in [0.29, 0.717) is 31.4 Å². The Morgan fingerprint density at radius 3 is 2.41 bits per heavy atom. The predicted molar refractivity (Wildman–Crippen MR) is 107 cm³/mol. The van der Waals surface area contributed by atoms with Crippen LogP contribution in [-0.2, 0) is 17.1 Å². The van der Waals surface area contributed by atoms with Crippen molar-refractivity contribution in [3.63, 3.8) is 0 Å². The Morgan fingerprint density at radius 2 is 1.76 bits per heavy atom. The van der Waals surface area contributed by atoms with E-state index in [1.165, 1.54) is 21.5 Å². The van der Waals surface area contributed by atoms with Gasteiger partial charge in [-0.15, -0.1) is 0 Å². The van der Waals surface area contributed by atoms with Crippen molar-refractivity contribution in [3.8, 4) is 11.3 Å². The summed E-state index contributed by atoms with van der Waals surface area (Å²) in [5.41, 5.74) is 1.45. The highest BCUT2D eigenvalue weighted by Gasteiger charge is 2.29. The van der Waals surface area contributed by atoms with Crippen LogP contribution >= 0.6 is 0 Å². The van der Waals surface area contributed by atoms with Crippen molar-refractivity contribution in [1.29, 1.82) is 0 Å². The van der Waals surface area contributed by atoms with Gasteiger partial charge < -0.3 is 4.57 Å². The molecule has 0 amide bonds. The summed E-state index contributed by atoms with van der Waals surface area (Å²) in [4.78, 5) is 20.3. The van der Waals surface area contributed by atoms with E-state index in [1.54, 1.807) is 31.7 Å². The van der Waals surface area contributed by atoms with Crippen LogP contribution in [0.5, 0.6) is 0 Å². The second-order valence-corrected chi connectivity index (χ2v) is 8.79. The van der Waals surface area contributed by atoms with Gasteiger partial charge in [-0.2, -0.15) is 5.10 Å². The van der Waals surface area contributed by atoms with Gasteiger partial charge in [-0.3, -0.25) is 9.78 Å². The molecule has 1 fully saturated rings. The largest absolute Gasteiger partial charge is 0.324 e. The first-order chi connectivity index (χ1) is 13.9. The predicted octanol–water partition coefficient (Wildman–Crippen LogP) is 1.50. The lowest BCUT2D eigenvalue weighted by Crippen LogP contribution is -2.40. The van der Waals surface area contributed by atoms with E-state index >= 15 is 0 Å². The zero-order valence-electron chi connectivity index (χ0n) is 16.0. The molecule has 0 aliphatic heterocycles. The third-order valence-corrected chi connectivity index (χ3v) is 6.70. The van der Waals surface area contributed by atoms with Crippen LogP contribution in [0.15, 0.2) is 59.0 Å². The molecule has 9 nitrogen and oxygen atoms in total. The van der Waals surface area contributed by atoms with Crippen LogP contribution in [0.1, 0.15) is 31.7 Å². The van der Waals surface area contributed by atoms with Gasteiger partial charge in [-0.05, 0) is 43.9 Å². The number of aryl methyl sites for hydroxylation is 1. The molecule has 0 atom stereocenters. The molecule has 152 valence electrons. The quantitative estimate of drug-likeness (QED) is 0.677. The van der Waals surface area contributed by atoms with Gasteiger partial charge >= 0.3 is 0 Å². The Kier molecular flexibility index (Phi) is 5.29. The maximum Gasteiger partial charge on any atom is 0.274 e. The van der Waals surface area contributed by atoms with E-state index in [9.17, 15) is 13.2 Å². The number of hydrogen-bond donors (Lipinski definition) is 1. The minimum Gasteiger partial charge on any atom is -0.324 e. The lowest BCUT2D eigenvalue weighted by molar-refractivity contribution is 0.286. The fraction of sp³-hybridized carbons (Fsp3) is 0.368. The Balaban J connectivity index is 1.46. The molecule has 0 bridgehead atoms. The minimum absolute atomic E-state index is 0.00237. The Labute approximate surface area is 168 Å². The van der Waals surface area contributed by atoms with Crippen molar-refractivity contribution in [2.45, 2.75) is 42.9 Å². The Hall–Kier alpha value is -2.85. The number of rotatable bonds is 5. The first-order valence-electron chi connectivity index (χ1n) is 9.44. The highest BCUT2D eigenvalue weighted by atomic mass is 32.2. The van der Waals surface area contributed by atoms with Crippen molar-refractivity contribution < 1.29 is 8.42 Å². The third kappa shape index (κ3) is 4.13. The first-order valence-corrected chi connectivity index (χ1v) is 10.9. The Morgan fingerprint density at radius 1 is 1.03 bits per heavy atom. The zero-order valence-corrected chi connectivity index (χ0v) is 16.8. The molecule has 1 aliphatic rings. The molecule has 0 radical (unpaired) electrons. The highest BCUT2D eigenvalue weighted by molar-refractivity contribution is 7.89. The van der Waals surface area contributed by atoms with Crippen LogP contribution in [0.25, 0.3) is 11.3 Å². The van der Waals surface area contributed by atoms with Gasteiger partial charge in [0.25, 0.3) is 15.6 Å². The molecule has 0 unspecified atom stereocenters. The second-order valence-electron chi connectivity index (χ2n) is 7.18. The number of nitrogens with one attached hydrogen (secondary N) is 1. The fourth-order valence-corrected chi connectivity index (χ4v) is 5.10. The number of hydrogen-bond acceptors (Lipinski definition) is 6. The minimum atomic E-state index is -3.67. The average molecular weight is 414 g/mol. The summed E-state index contributed by atoms with van der Waals surface area (Å²) >= 11 is 0. The third-order valence-electron chi connectivity index (χ3n) is 5.18. The molecule has 4 rings (SSSR count). The maximum absolute atomic E-state index is 12.5.